The van der Waals surface area contributed by atoms with Gasteiger partial charge in [0, 0.05) is 31.7 Å². The number of hydrogen-bond acceptors (Lipinski definition) is 4. The Morgan fingerprint density at radius 1 is 0.963 bits per heavy atom. The number of hydrogen-bond donors (Lipinski definition) is 0. The summed E-state index contributed by atoms with van der Waals surface area (Å²) in [6.07, 6.45) is 9.94. The maximum absolute atomic E-state index is 5.82. The molecule has 3 aliphatic rings. The minimum Gasteiger partial charge on any atom is -0.493 e. The highest BCUT2D eigenvalue weighted by molar-refractivity contribution is 5.43. The van der Waals surface area contributed by atoms with Crippen molar-refractivity contribution in [1.29, 1.82) is 0 Å². The summed E-state index contributed by atoms with van der Waals surface area (Å²) in [6, 6.07) is 8.01. The van der Waals surface area contributed by atoms with E-state index in [0.717, 1.165) is 36.0 Å². The Morgan fingerprint density at radius 3 is 2.59 bits per heavy atom. The van der Waals surface area contributed by atoms with Gasteiger partial charge < -0.3 is 9.47 Å². The summed E-state index contributed by atoms with van der Waals surface area (Å²) in [7, 11) is 1.72. The quantitative estimate of drug-likeness (QED) is 0.742. The lowest BCUT2D eigenvalue weighted by molar-refractivity contribution is -0.00383. The van der Waals surface area contributed by atoms with Gasteiger partial charge in [-0.1, -0.05) is 25.3 Å². The first-order valence-corrected chi connectivity index (χ1v) is 11.1. The molecule has 0 bridgehead atoms. The van der Waals surface area contributed by atoms with Gasteiger partial charge in [-0.2, -0.15) is 0 Å². The predicted octanol–water partition coefficient (Wildman–Crippen LogP) is 4.32. The second-order valence-corrected chi connectivity index (χ2v) is 8.52. The second-order valence-electron chi connectivity index (χ2n) is 8.52. The number of nitrogens with zero attached hydrogens (tertiary/aromatic N) is 2. The zero-order valence-corrected chi connectivity index (χ0v) is 17.2. The monoisotopic (exact) mass is 372 g/mol. The van der Waals surface area contributed by atoms with Crippen molar-refractivity contribution < 1.29 is 9.47 Å². The minimum atomic E-state index is 0.672. The molecule has 4 heteroatoms. The van der Waals surface area contributed by atoms with Crippen LogP contribution in [0.25, 0.3) is 0 Å². The van der Waals surface area contributed by atoms with Crippen LogP contribution in [-0.4, -0.2) is 55.2 Å². The highest BCUT2D eigenvalue weighted by Crippen LogP contribution is 2.38. The molecule has 4 nitrogen and oxygen atoms in total. The van der Waals surface area contributed by atoms with Gasteiger partial charge in [0.05, 0.1) is 13.7 Å². The molecule has 150 valence electrons. The topological polar surface area (TPSA) is 24.9 Å². The summed E-state index contributed by atoms with van der Waals surface area (Å²) < 4.78 is 11.3. The summed E-state index contributed by atoms with van der Waals surface area (Å²) in [5, 5.41) is 0. The summed E-state index contributed by atoms with van der Waals surface area (Å²) >= 11 is 0. The van der Waals surface area contributed by atoms with Gasteiger partial charge in [0.25, 0.3) is 0 Å². The summed E-state index contributed by atoms with van der Waals surface area (Å²) in [6.45, 7) is 7.50. The standard InChI is InChI=1S/C23H36N2O2/c1-3-27-22-16-18(11-12-21(22)26-2)17-25-15-14-24-13-7-10-20(24)23(25)19-8-5-4-6-9-19/h11-12,16,19-20,23H,3-10,13-15,17H2,1-2H3/t20-,23+/m1/s1. The molecule has 0 spiro atoms. The van der Waals surface area contributed by atoms with E-state index in [2.05, 4.69) is 28.0 Å². The fraction of sp³-hybridized carbons (Fsp3) is 0.739. The van der Waals surface area contributed by atoms with Crippen LogP contribution in [0.5, 0.6) is 11.5 Å². The number of benzene rings is 1. The predicted molar refractivity (Wildman–Crippen MR) is 110 cm³/mol. The third-order valence-electron chi connectivity index (χ3n) is 6.95. The molecule has 1 aromatic rings. The zero-order valence-electron chi connectivity index (χ0n) is 17.2. The van der Waals surface area contributed by atoms with Crippen LogP contribution in [-0.2, 0) is 6.54 Å². The Balaban J connectivity index is 1.54. The molecular formula is C23H36N2O2. The maximum Gasteiger partial charge on any atom is 0.161 e. The van der Waals surface area contributed by atoms with Crippen LogP contribution in [0, 0.1) is 5.92 Å². The first kappa shape index (κ1) is 19.1. The number of fused-ring (bicyclic) bond motifs is 1. The van der Waals surface area contributed by atoms with Gasteiger partial charge in [0.15, 0.2) is 11.5 Å². The molecule has 2 aliphatic heterocycles. The van der Waals surface area contributed by atoms with Crippen molar-refractivity contribution >= 4 is 0 Å². The van der Waals surface area contributed by atoms with Gasteiger partial charge in [0.1, 0.15) is 0 Å². The zero-order chi connectivity index (χ0) is 18.6. The Bertz CT molecular complexity index is 614. The molecule has 2 saturated heterocycles. The maximum atomic E-state index is 5.82. The molecule has 4 rings (SSSR count). The summed E-state index contributed by atoms with van der Waals surface area (Å²) in [4.78, 5) is 5.59. The molecule has 0 aromatic heterocycles. The molecule has 27 heavy (non-hydrogen) atoms. The highest BCUT2D eigenvalue weighted by atomic mass is 16.5. The molecule has 1 aliphatic carbocycles. The lowest BCUT2D eigenvalue weighted by atomic mass is 9.78. The van der Waals surface area contributed by atoms with Crippen molar-refractivity contribution in [3.8, 4) is 11.5 Å². The number of piperazine rings is 1. The van der Waals surface area contributed by atoms with Crippen LogP contribution >= 0.6 is 0 Å². The van der Waals surface area contributed by atoms with Gasteiger partial charge in [0.2, 0.25) is 0 Å². The van der Waals surface area contributed by atoms with Gasteiger partial charge in [-0.15, -0.1) is 0 Å². The van der Waals surface area contributed by atoms with Crippen molar-refractivity contribution in [2.75, 3.05) is 33.4 Å². The molecule has 0 unspecified atom stereocenters. The smallest absolute Gasteiger partial charge is 0.161 e. The molecule has 3 fully saturated rings. The van der Waals surface area contributed by atoms with Crippen molar-refractivity contribution in [3.05, 3.63) is 23.8 Å². The lowest BCUT2D eigenvalue weighted by Crippen LogP contribution is -2.59. The molecule has 0 N–H and O–H groups in total. The average Bonchev–Trinajstić information content (AvgIpc) is 3.18. The van der Waals surface area contributed by atoms with Gasteiger partial charge in [-0.3, -0.25) is 9.80 Å². The van der Waals surface area contributed by atoms with Crippen molar-refractivity contribution in [3.63, 3.8) is 0 Å². The van der Waals surface area contributed by atoms with Gasteiger partial charge in [-0.05, 0) is 62.8 Å². The lowest BCUT2D eigenvalue weighted by Gasteiger charge is -2.49. The van der Waals surface area contributed by atoms with Crippen molar-refractivity contribution in [2.45, 2.75) is 70.5 Å². The Labute approximate surface area is 164 Å². The van der Waals surface area contributed by atoms with Crippen LogP contribution in [0.2, 0.25) is 0 Å². The average molecular weight is 373 g/mol. The highest BCUT2D eigenvalue weighted by Gasteiger charge is 2.42. The summed E-state index contributed by atoms with van der Waals surface area (Å²) in [5.74, 6) is 2.60. The van der Waals surface area contributed by atoms with Crippen LogP contribution in [0.1, 0.15) is 57.4 Å². The number of methoxy groups -OCH3 is 1. The van der Waals surface area contributed by atoms with E-state index in [0.29, 0.717) is 6.61 Å². The van der Waals surface area contributed by atoms with Crippen molar-refractivity contribution in [1.82, 2.24) is 9.80 Å². The molecule has 1 saturated carbocycles. The normalized spacial score (nSPS) is 27.5. The molecule has 1 aromatic carbocycles. The molecule has 2 atom stereocenters. The SMILES string of the molecule is CCOc1cc(CN2CCN3CCC[C@@H]3[C@@H]2C2CCCCC2)ccc1OC. The van der Waals surface area contributed by atoms with Gasteiger partial charge in [-0.25, -0.2) is 0 Å². The van der Waals surface area contributed by atoms with E-state index in [1.165, 1.54) is 70.1 Å². The van der Waals surface area contributed by atoms with Crippen LogP contribution in [0.3, 0.4) is 0 Å². The fourth-order valence-electron chi connectivity index (χ4n) is 5.76. The molecule has 2 heterocycles. The third kappa shape index (κ3) is 4.12. The Morgan fingerprint density at radius 2 is 1.81 bits per heavy atom. The van der Waals surface area contributed by atoms with Crippen LogP contribution < -0.4 is 9.47 Å². The largest absolute Gasteiger partial charge is 0.493 e. The van der Waals surface area contributed by atoms with Gasteiger partial charge >= 0.3 is 0 Å². The van der Waals surface area contributed by atoms with E-state index >= 15 is 0 Å². The number of rotatable bonds is 6. The van der Waals surface area contributed by atoms with Crippen LogP contribution in [0.4, 0.5) is 0 Å². The van der Waals surface area contributed by atoms with E-state index in [1.807, 2.05) is 6.92 Å². The van der Waals surface area contributed by atoms with E-state index in [-0.39, 0.29) is 0 Å². The minimum absolute atomic E-state index is 0.672. The second kappa shape index (κ2) is 8.83. The Kier molecular flexibility index (Phi) is 6.24. The molecule has 0 radical (unpaired) electrons. The fourth-order valence-corrected chi connectivity index (χ4v) is 5.76. The van der Waals surface area contributed by atoms with E-state index in [4.69, 9.17) is 9.47 Å². The Hall–Kier alpha value is -1.26. The first-order chi connectivity index (χ1) is 13.3. The summed E-state index contributed by atoms with van der Waals surface area (Å²) in [5.41, 5.74) is 1.35. The molecular weight excluding hydrogens is 336 g/mol. The van der Waals surface area contributed by atoms with Crippen molar-refractivity contribution in [2.24, 2.45) is 5.92 Å². The number of ether oxygens (including phenoxy) is 2. The van der Waals surface area contributed by atoms with E-state index in [9.17, 15) is 0 Å². The third-order valence-corrected chi connectivity index (χ3v) is 6.95. The van der Waals surface area contributed by atoms with E-state index < -0.39 is 0 Å². The molecule has 0 amide bonds. The first-order valence-electron chi connectivity index (χ1n) is 11.1. The van der Waals surface area contributed by atoms with Crippen LogP contribution in [0.15, 0.2) is 18.2 Å². The van der Waals surface area contributed by atoms with E-state index in [1.54, 1.807) is 7.11 Å².